The molecule has 0 aliphatic carbocycles. The second kappa shape index (κ2) is 6.36. The van der Waals surface area contributed by atoms with E-state index in [1.165, 1.54) is 10.9 Å². The third-order valence-corrected chi connectivity index (χ3v) is 3.62. The minimum absolute atomic E-state index is 0.241. The van der Waals surface area contributed by atoms with Crippen LogP contribution in [-0.4, -0.2) is 17.4 Å². The van der Waals surface area contributed by atoms with Crippen LogP contribution < -0.4 is 5.32 Å². The fraction of sp³-hybridized carbons (Fsp3) is 0.438. The van der Waals surface area contributed by atoms with Crippen LogP contribution in [0, 0.1) is 5.41 Å². The second-order valence-corrected chi connectivity index (χ2v) is 6.07. The maximum absolute atomic E-state index is 5.82. The summed E-state index contributed by atoms with van der Waals surface area (Å²) in [6.07, 6.45) is 2.90. The summed E-state index contributed by atoms with van der Waals surface area (Å²) in [5, 5.41) is 4.76. The Hall–Kier alpha value is -1.12. The number of fused-ring (bicyclic) bond motifs is 1. The number of hydrogen-bond donors (Lipinski definition) is 1. The summed E-state index contributed by atoms with van der Waals surface area (Å²) >= 11 is 5.82. The summed E-state index contributed by atoms with van der Waals surface area (Å²) in [6.45, 7) is 6.32. The molecule has 0 radical (unpaired) electrons. The first-order chi connectivity index (χ1) is 9.12. The van der Waals surface area contributed by atoms with E-state index in [-0.39, 0.29) is 5.41 Å². The molecule has 0 saturated carbocycles. The first-order valence-corrected chi connectivity index (χ1v) is 7.25. The molecule has 2 aromatic rings. The van der Waals surface area contributed by atoms with Crippen molar-refractivity contribution in [1.29, 1.82) is 0 Å². The van der Waals surface area contributed by atoms with E-state index in [1.807, 2.05) is 12.3 Å². The van der Waals surface area contributed by atoms with Gasteiger partial charge in [0.05, 0.1) is 5.52 Å². The molecule has 1 heterocycles. The third kappa shape index (κ3) is 3.92. The van der Waals surface area contributed by atoms with Gasteiger partial charge in [-0.15, -0.1) is 11.6 Å². The molecule has 0 fully saturated rings. The summed E-state index contributed by atoms with van der Waals surface area (Å²) in [4.78, 5) is 4.38. The van der Waals surface area contributed by atoms with E-state index < -0.39 is 0 Å². The van der Waals surface area contributed by atoms with Crippen LogP contribution in [0.25, 0.3) is 10.9 Å². The van der Waals surface area contributed by atoms with Gasteiger partial charge in [-0.2, -0.15) is 0 Å². The van der Waals surface area contributed by atoms with Crippen LogP contribution in [0.5, 0.6) is 0 Å². The summed E-state index contributed by atoms with van der Waals surface area (Å²) in [7, 11) is 0. The molecule has 0 spiro atoms. The van der Waals surface area contributed by atoms with Crippen LogP contribution in [0.15, 0.2) is 36.5 Å². The lowest BCUT2D eigenvalue weighted by Gasteiger charge is -2.24. The van der Waals surface area contributed by atoms with Gasteiger partial charge in [0, 0.05) is 30.6 Å². The van der Waals surface area contributed by atoms with E-state index in [9.17, 15) is 0 Å². The molecule has 0 unspecified atom stereocenters. The van der Waals surface area contributed by atoms with Crippen LogP contribution in [0.2, 0.25) is 0 Å². The van der Waals surface area contributed by atoms with E-state index >= 15 is 0 Å². The number of aromatic nitrogens is 1. The Morgan fingerprint density at radius 2 is 2.00 bits per heavy atom. The fourth-order valence-electron chi connectivity index (χ4n) is 2.19. The average molecular weight is 277 g/mol. The summed E-state index contributed by atoms with van der Waals surface area (Å²) in [5.41, 5.74) is 2.60. The molecule has 1 aromatic carbocycles. The van der Waals surface area contributed by atoms with Crippen molar-refractivity contribution in [2.45, 2.75) is 26.8 Å². The number of nitrogens with one attached hydrogen (secondary N) is 1. The van der Waals surface area contributed by atoms with E-state index in [0.29, 0.717) is 5.88 Å². The van der Waals surface area contributed by atoms with E-state index in [4.69, 9.17) is 11.6 Å². The first kappa shape index (κ1) is 14.3. The number of hydrogen-bond acceptors (Lipinski definition) is 2. The zero-order valence-corrected chi connectivity index (χ0v) is 12.4. The lowest BCUT2D eigenvalue weighted by Crippen LogP contribution is -2.29. The molecule has 0 amide bonds. The van der Waals surface area contributed by atoms with Crippen molar-refractivity contribution < 1.29 is 0 Å². The second-order valence-electron chi connectivity index (χ2n) is 5.69. The van der Waals surface area contributed by atoms with Crippen LogP contribution in [0.4, 0.5) is 0 Å². The van der Waals surface area contributed by atoms with Gasteiger partial charge in [-0.05, 0) is 29.5 Å². The Morgan fingerprint density at radius 1 is 1.21 bits per heavy atom. The van der Waals surface area contributed by atoms with E-state index in [0.717, 1.165) is 25.0 Å². The lowest BCUT2D eigenvalue weighted by atomic mass is 9.90. The molecule has 0 saturated heterocycles. The summed E-state index contributed by atoms with van der Waals surface area (Å²) < 4.78 is 0. The average Bonchev–Trinajstić information content (AvgIpc) is 2.39. The number of para-hydroxylation sites is 1. The van der Waals surface area contributed by atoms with Crippen molar-refractivity contribution in [2.75, 3.05) is 12.4 Å². The minimum atomic E-state index is 0.241. The van der Waals surface area contributed by atoms with Gasteiger partial charge in [0.15, 0.2) is 0 Å². The van der Waals surface area contributed by atoms with Crippen molar-refractivity contribution in [1.82, 2.24) is 10.3 Å². The Balaban J connectivity index is 2.02. The van der Waals surface area contributed by atoms with Crippen LogP contribution >= 0.6 is 11.6 Å². The molecule has 2 nitrogen and oxygen atoms in total. The number of halogens is 1. The highest BCUT2D eigenvalue weighted by Gasteiger charge is 2.16. The molecule has 2 rings (SSSR count). The Morgan fingerprint density at radius 3 is 2.79 bits per heavy atom. The number of benzene rings is 1. The maximum Gasteiger partial charge on any atom is 0.0705 e. The van der Waals surface area contributed by atoms with Gasteiger partial charge in [0.2, 0.25) is 0 Å². The normalized spacial score (nSPS) is 11.9. The highest BCUT2D eigenvalue weighted by molar-refractivity contribution is 6.17. The quantitative estimate of drug-likeness (QED) is 0.807. The zero-order valence-electron chi connectivity index (χ0n) is 11.6. The highest BCUT2D eigenvalue weighted by Crippen LogP contribution is 2.20. The Bertz CT molecular complexity index is 532. The number of nitrogens with zero attached hydrogens (tertiary/aromatic N) is 1. The number of alkyl halides is 1. The third-order valence-electron chi connectivity index (χ3n) is 3.43. The molecular weight excluding hydrogens is 256 g/mol. The van der Waals surface area contributed by atoms with Crippen molar-refractivity contribution >= 4 is 22.5 Å². The van der Waals surface area contributed by atoms with Gasteiger partial charge in [-0.3, -0.25) is 4.98 Å². The molecule has 0 aliphatic rings. The van der Waals surface area contributed by atoms with Gasteiger partial charge >= 0.3 is 0 Å². The van der Waals surface area contributed by atoms with Gasteiger partial charge in [0.1, 0.15) is 0 Å². The fourth-order valence-corrected chi connectivity index (χ4v) is 2.70. The first-order valence-electron chi connectivity index (χ1n) is 6.72. The minimum Gasteiger partial charge on any atom is -0.312 e. The molecule has 102 valence electrons. The van der Waals surface area contributed by atoms with E-state index in [2.05, 4.69) is 48.4 Å². The molecule has 0 atom stereocenters. The predicted molar refractivity (Wildman–Crippen MR) is 82.6 cm³/mol. The topological polar surface area (TPSA) is 24.9 Å². The Kier molecular flexibility index (Phi) is 4.78. The van der Waals surface area contributed by atoms with Gasteiger partial charge in [-0.25, -0.2) is 0 Å². The van der Waals surface area contributed by atoms with Crippen LogP contribution in [0.3, 0.4) is 0 Å². The summed E-state index contributed by atoms with van der Waals surface area (Å²) in [6, 6.07) is 10.4. The summed E-state index contributed by atoms with van der Waals surface area (Å²) in [5.74, 6) is 0.715. The number of pyridine rings is 1. The number of rotatable bonds is 6. The predicted octanol–water partition coefficient (Wildman–Crippen LogP) is 3.98. The molecule has 3 heteroatoms. The largest absolute Gasteiger partial charge is 0.312 e. The smallest absolute Gasteiger partial charge is 0.0705 e. The van der Waals surface area contributed by atoms with Crippen molar-refractivity contribution in [3.05, 3.63) is 42.1 Å². The molecule has 1 N–H and O–H groups in total. The zero-order chi connectivity index (χ0) is 13.7. The molecule has 1 aromatic heterocycles. The lowest BCUT2D eigenvalue weighted by molar-refractivity contribution is 0.330. The maximum atomic E-state index is 5.82. The monoisotopic (exact) mass is 276 g/mol. The van der Waals surface area contributed by atoms with Crippen molar-refractivity contribution in [3.8, 4) is 0 Å². The van der Waals surface area contributed by atoms with Gasteiger partial charge < -0.3 is 5.32 Å². The Labute approximate surface area is 120 Å². The molecule has 19 heavy (non-hydrogen) atoms. The van der Waals surface area contributed by atoms with Gasteiger partial charge in [0.25, 0.3) is 0 Å². The SMILES string of the molecule is CC(C)(CCCl)CNCc1ccnc2ccccc12. The van der Waals surface area contributed by atoms with E-state index in [1.54, 1.807) is 0 Å². The van der Waals surface area contributed by atoms with Crippen LogP contribution in [0.1, 0.15) is 25.8 Å². The van der Waals surface area contributed by atoms with Gasteiger partial charge in [-0.1, -0.05) is 32.0 Å². The van der Waals surface area contributed by atoms with Crippen molar-refractivity contribution in [2.24, 2.45) is 5.41 Å². The molecular formula is C16H21ClN2. The molecule has 0 bridgehead atoms. The van der Waals surface area contributed by atoms with Crippen LogP contribution in [-0.2, 0) is 6.54 Å². The molecule has 0 aliphatic heterocycles. The standard InChI is InChI=1S/C16H21ClN2/c1-16(2,8-9-17)12-18-11-13-7-10-19-15-6-4-3-5-14(13)15/h3-7,10,18H,8-9,11-12H2,1-2H3. The highest BCUT2D eigenvalue weighted by atomic mass is 35.5. The van der Waals surface area contributed by atoms with Crippen molar-refractivity contribution in [3.63, 3.8) is 0 Å².